The Bertz CT molecular complexity index is 901. The quantitative estimate of drug-likeness (QED) is 0.774. The highest BCUT2D eigenvalue weighted by atomic mass is 16.5. The molecule has 0 saturated carbocycles. The Balaban J connectivity index is 1.72. The highest BCUT2D eigenvalue weighted by Gasteiger charge is 2.12. The molecule has 0 amide bonds. The van der Waals surface area contributed by atoms with Crippen LogP contribution >= 0.6 is 0 Å². The fourth-order valence-electron chi connectivity index (χ4n) is 2.60. The van der Waals surface area contributed by atoms with Gasteiger partial charge in [-0.3, -0.25) is 4.79 Å². The van der Waals surface area contributed by atoms with Crippen LogP contribution in [-0.2, 0) is 6.54 Å². The number of fused-ring (bicyclic) bond motifs is 1. The van der Waals surface area contributed by atoms with Crippen LogP contribution in [-0.4, -0.2) is 32.8 Å². The van der Waals surface area contributed by atoms with Crippen molar-refractivity contribution in [2.75, 3.05) is 6.61 Å². The molecular formula is C18H19N3O3. The summed E-state index contributed by atoms with van der Waals surface area (Å²) in [7, 11) is 0. The minimum absolute atomic E-state index is 0.0294. The van der Waals surface area contributed by atoms with Crippen molar-refractivity contribution in [1.82, 2.24) is 15.0 Å². The number of aliphatic hydroxyl groups excluding tert-OH is 1. The first-order valence-corrected chi connectivity index (χ1v) is 7.76. The molecule has 0 bridgehead atoms. The van der Waals surface area contributed by atoms with Gasteiger partial charge in [-0.25, -0.2) is 4.68 Å². The molecule has 0 aliphatic heterocycles. The molecular weight excluding hydrogens is 306 g/mol. The van der Waals surface area contributed by atoms with Crippen LogP contribution in [0.3, 0.4) is 0 Å². The topological polar surface area (TPSA) is 77.2 Å². The molecule has 0 unspecified atom stereocenters. The van der Waals surface area contributed by atoms with Gasteiger partial charge < -0.3 is 9.84 Å². The Hall–Kier alpha value is -2.73. The Morgan fingerprint density at radius 2 is 1.83 bits per heavy atom. The van der Waals surface area contributed by atoms with Crippen molar-refractivity contribution in [3.05, 3.63) is 63.9 Å². The number of ether oxygens (including phenoxy) is 1. The number of aromatic nitrogens is 3. The van der Waals surface area contributed by atoms with E-state index >= 15 is 0 Å². The number of benzene rings is 2. The molecule has 6 heteroatoms. The zero-order valence-electron chi connectivity index (χ0n) is 13.6. The third kappa shape index (κ3) is 3.28. The van der Waals surface area contributed by atoms with Crippen molar-refractivity contribution >= 4 is 10.9 Å². The minimum atomic E-state index is -0.864. The lowest BCUT2D eigenvalue weighted by molar-refractivity contribution is 0.0867. The van der Waals surface area contributed by atoms with Gasteiger partial charge in [0.2, 0.25) is 0 Å². The predicted molar refractivity (Wildman–Crippen MR) is 91.2 cm³/mol. The maximum atomic E-state index is 12.4. The van der Waals surface area contributed by atoms with Crippen LogP contribution in [0.15, 0.2) is 47.3 Å². The first-order valence-electron chi connectivity index (χ1n) is 7.76. The molecule has 1 N–H and O–H groups in total. The highest BCUT2D eigenvalue weighted by Crippen LogP contribution is 2.22. The SMILES string of the molecule is Cc1cccc(C)c1OC[C@@H](O)Cn1nnc2ccccc2c1=O. The summed E-state index contributed by atoms with van der Waals surface area (Å²) in [4.78, 5) is 12.4. The lowest BCUT2D eigenvalue weighted by Crippen LogP contribution is -2.32. The van der Waals surface area contributed by atoms with E-state index in [2.05, 4.69) is 10.3 Å². The van der Waals surface area contributed by atoms with E-state index in [9.17, 15) is 9.90 Å². The molecule has 0 saturated heterocycles. The standard InChI is InChI=1S/C18H19N3O3/c1-12-6-5-7-13(2)17(12)24-11-14(22)10-21-18(23)15-8-3-4-9-16(15)19-20-21/h3-9,14,22H,10-11H2,1-2H3/t14-/m0/s1. The number of nitrogens with zero attached hydrogens (tertiary/aromatic N) is 3. The van der Waals surface area contributed by atoms with Gasteiger partial charge in [0.25, 0.3) is 5.56 Å². The van der Waals surface area contributed by atoms with Crippen molar-refractivity contribution in [2.24, 2.45) is 0 Å². The lowest BCUT2D eigenvalue weighted by Gasteiger charge is -2.16. The molecule has 6 nitrogen and oxygen atoms in total. The molecule has 0 fully saturated rings. The fourth-order valence-corrected chi connectivity index (χ4v) is 2.60. The summed E-state index contributed by atoms with van der Waals surface area (Å²) in [6.45, 7) is 4.01. The monoisotopic (exact) mass is 325 g/mol. The van der Waals surface area contributed by atoms with Crippen LogP contribution in [0.5, 0.6) is 5.75 Å². The first kappa shape index (κ1) is 16.1. The van der Waals surface area contributed by atoms with Crippen LogP contribution in [0.25, 0.3) is 10.9 Å². The van der Waals surface area contributed by atoms with Gasteiger partial charge in [0, 0.05) is 0 Å². The molecule has 1 heterocycles. The number of para-hydroxylation sites is 1. The first-order chi connectivity index (χ1) is 11.6. The summed E-state index contributed by atoms with van der Waals surface area (Å²) < 4.78 is 6.88. The maximum Gasteiger partial charge on any atom is 0.277 e. The second-order valence-electron chi connectivity index (χ2n) is 5.78. The zero-order chi connectivity index (χ0) is 17.1. The van der Waals surface area contributed by atoms with Crippen LogP contribution < -0.4 is 10.3 Å². The van der Waals surface area contributed by atoms with Gasteiger partial charge in [-0.05, 0) is 37.1 Å². The zero-order valence-corrected chi connectivity index (χ0v) is 13.6. The van der Waals surface area contributed by atoms with Crippen molar-refractivity contribution in [1.29, 1.82) is 0 Å². The summed E-state index contributed by atoms with van der Waals surface area (Å²) in [6, 6.07) is 12.9. The molecule has 0 aliphatic rings. The third-order valence-electron chi connectivity index (χ3n) is 3.84. The van der Waals surface area contributed by atoms with Crippen molar-refractivity contribution in [3.63, 3.8) is 0 Å². The minimum Gasteiger partial charge on any atom is -0.490 e. The van der Waals surface area contributed by atoms with E-state index in [1.165, 1.54) is 4.68 Å². The number of rotatable bonds is 5. The largest absolute Gasteiger partial charge is 0.490 e. The summed E-state index contributed by atoms with van der Waals surface area (Å²) in [6.07, 6.45) is -0.864. The van der Waals surface area contributed by atoms with E-state index in [1.807, 2.05) is 32.0 Å². The van der Waals surface area contributed by atoms with Crippen LogP contribution in [0.2, 0.25) is 0 Å². The Morgan fingerprint density at radius 1 is 1.12 bits per heavy atom. The van der Waals surface area contributed by atoms with Gasteiger partial charge in [0.05, 0.1) is 11.9 Å². The van der Waals surface area contributed by atoms with Crippen molar-refractivity contribution < 1.29 is 9.84 Å². The Kier molecular flexibility index (Phi) is 4.57. The summed E-state index contributed by atoms with van der Waals surface area (Å²) in [5.74, 6) is 0.758. The van der Waals surface area contributed by atoms with Crippen LogP contribution in [0.1, 0.15) is 11.1 Å². The molecule has 2 aromatic carbocycles. The van der Waals surface area contributed by atoms with Gasteiger partial charge >= 0.3 is 0 Å². The fraction of sp³-hybridized carbons (Fsp3) is 0.278. The second kappa shape index (κ2) is 6.80. The van der Waals surface area contributed by atoms with Crippen molar-refractivity contribution in [2.45, 2.75) is 26.5 Å². The molecule has 24 heavy (non-hydrogen) atoms. The van der Waals surface area contributed by atoms with Gasteiger partial charge in [0.1, 0.15) is 24.0 Å². The number of hydrogen-bond acceptors (Lipinski definition) is 5. The van der Waals surface area contributed by atoms with Gasteiger partial charge in [-0.2, -0.15) is 0 Å². The second-order valence-corrected chi connectivity index (χ2v) is 5.78. The average molecular weight is 325 g/mol. The van der Waals surface area contributed by atoms with Crippen LogP contribution in [0.4, 0.5) is 0 Å². The van der Waals surface area contributed by atoms with Crippen LogP contribution in [0, 0.1) is 13.8 Å². The molecule has 0 aliphatic carbocycles. The smallest absolute Gasteiger partial charge is 0.277 e. The number of hydrogen-bond donors (Lipinski definition) is 1. The summed E-state index contributed by atoms with van der Waals surface area (Å²) in [5, 5.41) is 18.5. The Labute approximate surface area is 139 Å². The van der Waals surface area contributed by atoms with E-state index in [4.69, 9.17) is 4.74 Å². The third-order valence-corrected chi connectivity index (χ3v) is 3.84. The molecule has 0 spiro atoms. The van der Waals surface area contributed by atoms with Crippen molar-refractivity contribution in [3.8, 4) is 5.75 Å². The molecule has 124 valence electrons. The van der Waals surface area contributed by atoms with E-state index < -0.39 is 6.10 Å². The summed E-state index contributed by atoms with van der Waals surface area (Å²) in [5.41, 5.74) is 2.28. The molecule has 1 atom stereocenters. The average Bonchev–Trinajstić information content (AvgIpc) is 2.57. The predicted octanol–water partition coefficient (Wildman–Crippen LogP) is 1.85. The van der Waals surface area contributed by atoms with Gasteiger partial charge in [-0.1, -0.05) is 35.5 Å². The summed E-state index contributed by atoms with van der Waals surface area (Å²) >= 11 is 0. The normalized spacial score (nSPS) is 12.3. The molecule has 1 aromatic heterocycles. The van der Waals surface area contributed by atoms with E-state index in [-0.39, 0.29) is 18.7 Å². The molecule has 3 rings (SSSR count). The highest BCUT2D eigenvalue weighted by molar-refractivity contribution is 5.76. The van der Waals surface area contributed by atoms with E-state index in [1.54, 1.807) is 24.3 Å². The molecule has 0 radical (unpaired) electrons. The lowest BCUT2D eigenvalue weighted by atomic mass is 10.1. The number of aryl methyl sites for hydroxylation is 2. The maximum absolute atomic E-state index is 12.4. The molecule has 3 aromatic rings. The van der Waals surface area contributed by atoms with E-state index in [0.717, 1.165) is 16.9 Å². The van der Waals surface area contributed by atoms with Gasteiger partial charge in [-0.15, -0.1) is 5.10 Å². The Morgan fingerprint density at radius 3 is 2.58 bits per heavy atom. The number of aliphatic hydroxyl groups is 1. The van der Waals surface area contributed by atoms with E-state index in [0.29, 0.717) is 10.9 Å². The van der Waals surface area contributed by atoms with Gasteiger partial charge in [0.15, 0.2) is 0 Å².